The summed E-state index contributed by atoms with van der Waals surface area (Å²) >= 11 is 5.87. The van der Waals surface area contributed by atoms with Gasteiger partial charge in [0, 0.05) is 5.02 Å². The first-order chi connectivity index (χ1) is 12.2. The van der Waals surface area contributed by atoms with Gasteiger partial charge in [0.05, 0.1) is 24.2 Å². The van der Waals surface area contributed by atoms with Crippen molar-refractivity contribution in [2.45, 2.75) is 19.9 Å². The summed E-state index contributed by atoms with van der Waals surface area (Å²) < 4.78 is 31.1. The van der Waals surface area contributed by atoms with E-state index in [0.29, 0.717) is 28.8 Å². The minimum atomic E-state index is -3.69. The number of anilines is 2. The molecule has 0 heterocycles. The first-order valence-electron chi connectivity index (χ1n) is 8.01. The second kappa shape index (κ2) is 8.42. The van der Waals surface area contributed by atoms with Crippen LogP contribution in [0.2, 0.25) is 5.02 Å². The van der Waals surface area contributed by atoms with Gasteiger partial charge in [-0.2, -0.15) is 0 Å². The predicted octanol–water partition coefficient (Wildman–Crippen LogP) is 3.53. The van der Waals surface area contributed by atoms with Crippen LogP contribution in [0.3, 0.4) is 0 Å². The SMILES string of the molecule is CCOc1ccccc1NC(=O)[C@H](C)N(c1ccc(Cl)cc1)S(C)(=O)=O. The Labute approximate surface area is 158 Å². The van der Waals surface area contributed by atoms with Gasteiger partial charge in [0.15, 0.2) is 0 Å². The topological polar surface area (TPSA) is 75.7 Å². The lowest BCUT2D eigenvalue weighted by molar-refractivity contribution is -0.116. The van der Waals surface area contributed by atoms with Crippen molar-refractivity contribution in [3.05, 3.63) is 53.6 Å². The monoisotopic (exact) mass is 396 g/mol. The molecule has 0 aliphatic carbocycles. The van der Waals surface area contributed by atoms with Crippen LogP contribution in [-0.2, 0) is 14.8 Å². The zero-order chi connectivity index (χ0) is 19.3. The Kier molecular flexibility index (Phi) is 6.50. The van der Waals surface area contributed by atoms with Crippen LogP contribution in [0, 0.1) is 0 Å². The second-order valence-electron chi connectivity index (χ2n) is 5.63. The molecule has 6 nitrogen and oxygen atoms in total. The number of nitrogens with zero attached hydrogens (tertiary/aromatic N) is 1. The number of rotatable bonds is 7. The fourth-order valence-corrected chi connectivity index (χ4v) is 3.79. The molecule has 1 amide bonds. The van der Waals surface area contributed by atoms with Crippen LogP contribution in [0.25, 0.3) is 0 Å². The van der Waals surface area contributed by atoms with Crippen molar-refractivity contribution in [2.24, 2.45) is 0 Å². The smallest absolute Gasteiger partial charge is 0.248 e. The van der Waals surface area contributed by atoms with E-state index < -0.39 is 22.0 Å². The van der Waals surface area contributed by atoms with Gasteiger partial charge in [-0.3, -0.25) is 9.10 Å². The van der Waals surface area contributed by atoms with Gasteiger partial charge in [-0.15, -0.1) is 0 Å². The number of ether oxygens (including phenoxy) is 1. The average Bonchev–Trinajstić information content (AvgIpc) is 2.57. The number of nitrogens with one attached hydrogen (secondary N) is 1. The number of sulfonamides is 1. The number of hydrogen-bond donors (Lipinski definition) is 1. The molecule has 0 unspecified atom stereocenters. The fourth-order valence-electron chi connectivity index (χ4n) is 2.49. The van der Waals surface area contributed by atoms with Crippen LogP contribution in [0.15, 0.2) is 48.5 Å². The molecular formula is C18H21ClN2O4S. The van der Waals surface area contributed by atoms with Crippen LogP contribution in [0.5, 0.6) is 5.75 Å². The van der Waals surface area contributed by atoms with Gasteiger partial charge in [0.2, 0.25) is 15.9 Å². The molecule has 1 N–H and O–H groups in total. The van der Waals surface area contributed by atoms with E-state index in [1.807, 2.05) is 6.92 Å². The molecule has 0 saturated carbocycles. The Bertz CT molecular complexity index is 869. The summed E-state index contributed by atoms with van der Waals surface area (Å²) in [4.78, 5) is 12.7. The molecule has 2 aromatic carbocycles. The summed E-state index contributed by atoms with van der Waals surface area (Å²) in [6.45, 7) is 3.81. The van der Waals surface area contributed by atoms with Crippen LogP contribution in [-0.4, -0.2) is 33.2 Å². The van der Waals surface area contributed by atoms with E-state index >= 15 is 0 Å². The summed E-state index contributed by atoms with van der Waals surface area (Å²) in [5, 5.41) is 3.21. The lowest BCUT2D eigenvalue weighted by Crippen LogP contribution is -2.45. The number of hydrogen-bond acceptors (Lipinski definition) is 4. The Morgan fingerprint density at radius 1 is 1.19 bits per heavy atom. The molecule has 0 spiro atoms. The van der Waals surface area contributed by atoms with E-state index in [9.17, 15) is 13.2 Å². The van der Waals surface area contributed by atoms with Crippen LogP contribution >= 0.6 is 11.6 Å². The van der Waals surface area contributed by atoms with E-state index in [0.717, 1.165) is 10.6 Å². The Morgan fingerprint density at radius 2 is 1.81 bits per heavy atom. The van der Waals surface area contributed by atoms with Gasteiger partial charge in [-0.25, -0.2) is 8.42 Å². The molecule has 0 aliphatic rings. The molecule has 0 fully saturated rings. The molecule has 26 heavy (non-hydrogen) atoms. The Hall–Kier alpha value is -2.25. The maximum absolute atomic E-state index is 12.7. The lowest BCUT2D eigenvalue weighted by Gasteiger charge is -2.28. The Balaban J connectivity index is 2.30. The summed E-state index contributed by atoms with van der Waals surface area (Å²) in [5.41, 5.74) is 0.841. The summed E-state index contributed by atoms with van der Waals surface area (Å²) in [5.74, 6) is 0.0467. The van der Waals surface area contributed by atoms with E-state index in [4.69, 9.17) is 16.3 Å². The fraction of sp³-hybridized carbons (Fsp3) is 0.278. The van der Waals surface area contributed by atoms with Crippen molar-refractivity contribution < 1.29 is 17.9 Å². The minimum Gasteiger partial charge on any atom is -0.492 e. The van der Waals surface area contributed by atoms with Gasteiger partial charge in [0.1, 0.15) is 11.8 Å². The molecule has 1 atom stereocenters. The zero-order valence-electron chi connectivity index (χ0n) is 14.8. The normalized spacial score (nSPS) is 12.3. The van der Waals surface area contributed by atoms with Gasteiger partial charge in [0.25, 0.3) is 0 Å². The highest BCUT2D eigenvalue weighted by atomic mass is 35.5. The highest BCUT2D eigenvalue weighted by Gasteiger charge is 2.29. The van der Waals surface area contributed by atoms with Crippen LogP contribution < -0.4 is 14.4 Å². The highest BCUT2D eigenvalue weighted by molar-refractivity contribution is 7.92. The minimum absolute atomic E-state index is 0.359. The van der Waals surface area contributed by atoms with E-state index in [1.54, 1.807) is 48.5 Å². The number of para-hydroxylation sites is 2. The largest absolute Gasteiger partial charge is 0.492 e. The molecule has 0 saturated heterocycles. The first-order valence-corrected chi connectivity index (χ1v) is 10.2. The molecular weight excluding hydrogens is 376 g/mol. The average molecular weight is 397 g/mol. The van der Waals surface area contributed by atoms with Crippen molar-refractivity contribution in [3.8, 4) is 5.75 Å². The van der Waals surface area contributed by atoms with E-state index in [-0.39, 0.29) is 0 Å². The second-order valence-corrected chi connectivity index (χ2v) is 7.93. The summed E-state index contributed by atoms with van der Waals surface area (Å²) in [7, 11) is -3.69. The van der Waals surface area contributed by atoms with Gasteiger partial charge in [-0.05, 0) is 50.2 Å². The lowest BCUT2D eigenvalue weighted by atomic mass is 10.2. The van der Waals surface area contributed by atoms with Gasteiger partial charge in [-0.1, -0.05) is 23.7 Å². The quantitative estimate of drug-likeness (QED) is 0.776. The summed E-state index contributed by atoms with van der Waals surface area (Å²) in [6, 6.07) is 12.3. The maximum Gasteiger partial charge on any atom is 0.248 e. The first kappa shape index (κ1) is 20.1. The van der Waals surface area contributed by atoms with Crippen LogP contribution in [0.4, 0.5) is 11.4 Å². The molecule has 0 aliphatic heterocycles. The maximum atomic E-state index is 12.7. The number of amides is 1. The number of benzene rings is 2. The number of carbonyl (C=O) groups excluding carboxylic acids is 1. The Morgan fingerprint density at radius 3 is 2.38 bits per heavy atom. The van der Waals surface area contributed by atoms with Crippen molar-refractivity contribution >= 4 is 38.9 Å². The standard InChI is InChI=1S/C18H21ClN2O4S/c1-4-25-17-8-6-5-7-16(17)20-18(22)13(2)21(26(3,23)24)15-11-9-14(19)10-12-15/h5-13H,4H2,1-3H3,(H,20,22)/t13-/m0/s1. The van der Waals surface area contributed by atoms with Gasteiger partial charge >= 0.3 is 0 Å². The molecule has 2 rings (SSSR count). The number of halogens is 1. The van der Waals surface area contributed by atoms with Crippen molar-refractivity contribution in [1.82, 2.24) is 0 Å². The van der Waals surface area contributed by atoms with Gasteiger partial charge < -0.3 is 10.1 Å². The molecule has 0 aromatic heterocycles. The number of carbonyl (C=O) groups is 1. The molecule has 8 heteroatoms. The molecule has 0 bridgehead atoms. The molecule has 2 aromatic rings. The molecule has 0 radical (unpaired) electrons. The summed E-state index contributed by atoms with van der Waals surface area (Å²) in [6.07, 6.45) is 1.06. The van der Waals surface area contributed by atoms with Crippen molar-refractivity contribution in [1.29, 1.82) is 0 Å². The highest BCUT2D eigenvalue weighted by Crippen LogP contribution is 2.26. The third-order valence-electron chi connectivity index (χ3n) is 3.61. The third kappa shape index (κ3) is 4.89. The van der Waals surface area contributed by atoms with Crippen molar-refractivity contribution in [2.75, 3.05) is 22.5 Å². The zero-order valence-corrected chi connectivity index (χ0v) is 16.3. The van der Waals surface area contributed by atoms with Crippen molar-refractivity contribution in [3.63, 3.8) is 0 Å². The molecule has 140 valence electrons. The van der Waals surface area contributed by atoms with Crippen LogP contribution in [0.1, 0.15) is 13.8 Å². The predicted molar refractivity (Wildman–Crippen MR) is 104 cm³/mol. The van der Waals surface area contributed by atoms with E-state index in [1.165, 1.54) is 6.92 Å². The third-order valence-corrected chi connectivity index (χ3v) is 5.11. The van der Waals surface area contributed by atoms with E-state index in [2.05, 4.69) is 5.32 Å².